The average molecular weight is 281 g/mol. The van der Waals surface area contributed by atoms with E-state index < -0.39 is 11.1 Å². The average Bonchev–Trinajstić information content (AvgIpc) is 2.36. The highest BCUT2D eigenvalue weighted by molar-refractivity contribution is 7.79. The number of ether oxygens (including phenoxy) is 1. The van der Waals surface area contributed by atoms with Crippen LogP contribution in [0.3, 0.4) is 0 Å². The first kappa shape index (κ1) is 14.1. The van der Waals surface area contributed by atoms with Crippen LogP contribution < -0.4 is 0 Å². The van der Waals surface area contributed by atoms with Gasteiger partial charge in [0.2, 0.25) is 0 Å². The maximum absolute atomic E-state index is 13.6. The van der Waals surface area contributed by atoms with Gasteiger partial charge >= 0.3 is 0 Å². The van der Waals surface area contributed by atoms with Crippen molar-refractivity contribution in [1.29, 1.82) is 0 Å². The second kappa shape index (κ2) is 6.23. The van der Waals surface area contributed by atoms with E-state index in [1.54, 1.807) is 19.1 Å². The Labute approximate surface area is 113 Å². The van der Waals surface area contributed by atoms with Crippen molar-refractivity contribution in [2.24, 2.45) is 0 Å². The fraction of sp³-hybridized carbons (Fsp3) is 0.286. The molecular formula is C14H14FO3S-. The zero-order chi connectivity index (χ0) is 13.8. The van der Waals surface area contributed by atoms with Gasteiger partial charge in [-0.05, 0) is 30.0 Å². The molecule has 2 rings (SSSR count). The van der Waals surface area contributed by atoms with Crippen molar-refractivity contribution in [3.8, 4) is 0 Å². The molecule has 102 valence electrons. The van der Waals surface area contributed by atoms with Crippen molar-refractivity contribution in [2.75, 3.05) is 5.75 Å². The molecule has 0 spiro atoms. The fourth-order valence-corrected chi connectivity index (χ4v) is 2.33. The van der Waals surface area contributed by atoms with Crippen LogP contribution in [0.15, 0.2) is 36.4 Å². The van der Waals surface area contributed by atoms with Gasteiger partial charge in [-0.3, -0.25) is 4.21 Å². The lowest BCUT2D eigenvalue weighted by Crippen LogP contribution is -2.16. The first-order valence-electron chi connectivity index (χ1n) is 5.91. The fourth-order valence-electron chi connectivity index (χ4n) is 1.85. The minimum absolute atomic E-state index is 0.0397. The molecule has 2 aromatic rings. The Kier molecular flexibility index (Phi) is 4.63. The van der Waals surface area contributed by atoms with Crippen LogP contribution in [0.5, 0.6) is 0 Å². The molecule has 0 N–H and O–H groups in total. The van der Waals surface area contributed by atoms with Crippen molar-refractivity contribution in [3.63, 3.8) is 0 Å². The van der Waals surface area contributed by atoms with Crippen LogP contribution >= 0.6 is 0 Å². The van der Waals surface area contributed by atoms with Crippen LogP contribution in [0.4, 0.5) is 4.39 Å². The molecule has 2 unspecified atom stereocenters. The molecule has 0 aliphatic carbocycles. The van der Waals surface area contributed by atoms with Crippen LogP contribution in [0.25, 0.3) is 10.8 Å². The lowest BCUT2D eigenvalue weighted by atomic mass is 10.1. The first-order valence-corrected chi connectivity index (χ1v) is 7.15. The second-order valence-corrected chi connectivity index (χ2v) is 5.33. The Morgan fingerprint density at radius 2 is 2.16 bits per heavy atom. The number of halogens is 1. The number of hydrogen-bond donors (Lipinski definition) is 0. The van der Waals surface area contributed by atoms with Crippen LogP contribution in [0, 0.1) is 5.82 Å². The van der Waals surface area contributed by atoms with Crippen LogP contribution in [-0.4, -0.2) is 20.6 Å². The Bertz CT molecular complexity index is 600. The summed E-state index contributed by atoms with van der Waals surface area (Å²) < 4.78 is 40.0. The van der Waals surface area contributed by atoms with Gasteiger partial charge in [-0.15, -0.1) is 0 Å². The van der Waals surface area contributed by atoms with Gasteiger partial charge in [-0.2, -0.15) is 0 Å². The SMILES string of the molecule is CC(CS(=O)[O-])OCc1ccc2cccc(F)c2c1. The van der Waals surface area contributed by atoms with E-state index in [0.717, 1.165) is 10.9 Å². The summed E-state index contributed by atoms with van der Waals surface area (Å²) in [5.74, 6) is -0.310. The summed E-state index contributed by atoms with van der Waals surface area (Å²) in [6.07, 6.45) is -0.380. The molecule has 2 atom stereocenters. The molecule has 0 radical (unpaired) electrons. The zero-order valence-electron chi connectivity index (χ0n) is 10.5. The van der Waals surface area contributed by atoms with Crippen LogP contribution in [0.2, 0.25) is 0 Å². The third-order valence-electron chi connectivity index (χ3n) is 2.80. The van der Waals surface area contributed by atoms with E-state index in [9.17, 15) is 13.2 Å². The summed E-state index contributed by atoms with van der Waals surface area (Å²) in [4.78, 5) is 0. The quantitative estimate of drug-likeness (QED) is 0.792. The topological polar surface area (TPSA) is 49.4 Å². The summed E-state index contributed by atoms with van der Waals surface area (Å²) >= 11 is -2.11. The lowest BCUT2D eigenvalue weighted by Gasteiger charge is -2.14. The molecule has 2 aromatic carbocycles. The van der Waals surface area contributed by atoms with Gasteiger partial charge in [-0.25, -0.2) is 4.39 Å². The van der Waals surface area contributed by atoms with Gasteiger partial charge < -0.3 is 9.29 Å². The van der Waals surface area contributed by atoms with E-state index in [0.29, 0.717) is 5.39 Å². The molecule has 0 saturated heterocycles. The van der Waals surface area contributed by atoms with E-state index in [2.05, 4.69) is 0 Å². The Morgan fingerprint density at radius 3 is 2.89 bits per heavy atom. The largest absolute Gasteiger partial charge is 0.772 e. The molecule has 0 amide bonds. The van der Waals surface area contributed by atoms with Gasteiger partial charge in [-0.1, -0.05) is 35.3 Å². The third kappa shape index (κ3) is 3.83. The minimum Gasteiger partial charge on any atom is -0.772 e. The molecule has 0 fully saturated rings. The summed E-state index contributed by atoms with van der Waals surface area (Å²) in [7, 11) is 0. The molecule has 0 aliphatic heterocycles. The van der Waals surface area contributed by atoms with Gasteiger partial charge in [0, 0.05) is 11.1 Å². The number of hydrogen-bond acceptors (Lipinski definition) is 3. The molecule has 5 heteroatoms. The van der Waals surface area contributed by atoms with Crippen LogP contribution in [0.1, 0.15) is 12.5 Å². The van der Waals surface area contributed by atoms with Gasteiger partial charge in [0.1, 0.15) is 5.82 Å². The number of benzene rings is 2. The van der Waals surface area contributed by atoms with E-state index in [-0.39, 0.29) is 24.3 Å². The highest BCUT2D eigenvalue weighted by Gasteiger charge is 2.05. The number of rotatable bonds is 5. The van der Waals surface area contributed by atoms with E-state index in [4.69, 9.17) is 4.74 Å². The van der Waals surface area contributed by atoms with Crippen LogP contribution in [-0.2, 0) is 22.4 Å². The summed E-state index contributed by atoms with van der Waals surface area (Å²) in [6, 6.07) is 10.3. The monoisotopic (exact) mass is 281 g/mol. The van der Waals surface area contributed by atoms with Gasteiger partial charge in [0.15, 0.2) is 0 Å². The minimum atomic E-state index is -2.11. The smallest absolute Gasteiger partial charge is 0.131 e. The molecular weight excluding hydrogens is 267 g/mol. The van der Waals surface area contributed by atoms with Crippen molar-refractivity contribution in [1.82, 2.24) is 0 Å². The summed E-state index contributed by atoms with van der Waals surface area (Å²) in [5, 5.41) is 1.38. The standard InChI is InChI=1S/C14H15FO3S/c1-10(9-19(16)17)18-8-11-5-6-12-3-2-4-14(15)13(12)7-11/h2-7,10H,8-9H2,1H3,(H,16,17)/p-1. The van der Waals surface area contributed by atoms with Crippen molar-refractivity contribution in [3.05, 3.63) is 47.8 Å². The van der Waals surface area contributed by atoms with E-state index >= 15 is 0 Å². The van der Waals surface area contributed by atoms with E-state index in [1.807, 2.05) is 18.2 Å². The summed E-state index contributed by atoms with van der Waals surface area (Å²) in [5.41, 5.74) is 0.820. The summed E-state index contributed by atoms with van der Waals surface area (Å²) in [6.45, 7) is 1.96. The molecule has 3 nitrogen and oxygen atoms in total. The van der Waals surface area contributed by atoms with Crippen molar-refractivity contribution < 1.29 is 17.9 Å². The Hall–Kier alpha value is -1.30. The molecule has 0 heterocycles. The maximum Gasteiger partial charge on any atom is 0.131 e. The molecule has 19 heavy (non-hydrogen) atoms. The Morgan fingerprint density at radius 1 is 1.37 bits per heavy atom. The van der Waals surface area contributed by atoms with Gasteiger partial charge in [0.05, 0.1) is 12.7 Å². The molecule has 0 aromatic heterocycles. The number of fused-ring (bicyclic) bond motifs is 1. The normalized spacial score (nSPS) is 14.5. The zero-order valence-corrected chi connectivity index (χ0v) is 11.3. The lowest BCUT2D eigenvalue weighted by molar-refractivity contribution is 0.0675. The van der Waals surface area contributed by atoms with Gasteiger partial charge in [0.25, 0.3) is 0 Å². The molecule has 0 saturated carbocycles. The predicted octanol–water partition coefficient (Wildman–Crippen LogP) is 2.76. The third-order valence-corrected chi connectivity index (χ3v) is 3.54. The van der Waals surface area contributed by atoms with Crippen molar-refractivity contribution in [2.45, 2.75) is 19.6 Å². The highest BCUT2D eigenvalue weighted by Crippen LogP contribution is 2.19. The van der Waals surface area contributed by atoms with E-state index in [1.165, 1.54) is 6.07 Å². The van der Waals surface area contributed by atoms with Crippen molar-refractivity contribution >= 4 is 21.9 Å². The first-order chi connectivity index (χ1) is 9.06. The molecule has 0 aliphatic rings. The second-order valence-electron chi connectivity index (χ2n) is 4.39. The predicted molar refractivity (Wildman–Crippen MR) is 71.9 cm³/mol. The maximum atomic E-state index is 13.6. The highest BCUT2D eigenvalue weighted by atomic mass is 32.2. The Balaban J connectivity index is 2.09. The molecule has 0 bridgehead atoms.